The number of nitrogens with zero attached hydrogens (tertiary/aromatic N) is 1. The van der Waals surface area contributed by atoms with E-state index in [-0.39, 0.29) is 6.79 Å². The summed E-state index contributed by atoms with van der Waals surface area (Å²) >= 11 is 0. The van der Waals surface area contributed by atoms with E-state index >= 15 is 0 Å². The van der Waals surface area contributed by atoms with Gasteiger partial charge >= 0.3 is 6.09 Å². The molecular formula is C11H14N2O4. The van der Waals surface area contributed by atoms with Crippen molar-refractivity contribution in [3.63, 3.8) is 0 Å². The Morgan fingerprint density at radius 3 is 2.88 bits per heavy atom. The first-order valence-corrected chi connectivity index (χ1v) is 5.27. The SMILES string of the molecule is NCCN(Cc1ccc2c(c1)OCO2)C(=O)O. The van der Waals surface area contributed by atoms with E-state index in [1.165, 1.54) is 4.90 Å². The number of nitrogens with two attached hydrogens (primary N) is 1. The van der Waals surface area contributed by atoms with Gasteiger partial charge in [-0.3, -0.25) is 0 Å². The molecule has 0 radical (unpaired) electrons. The Kier molecular flexibility index (Phi) is 3.34. The van der Waals surface area contributed by atoms with Crippen LogP contribution in [0.3, 0.4) is 0 Å². The lowest BCUT2D eigenvalue weighted by atomic mass is 10.2. The fourth-order valence-corrected chi connectivity index (χ4v) is 1.66. The highest BCUT2D eigenvalue weighted by Crippen LogP contribution is 2.32. The first-order valence-electron chi connectivity index (χ1n) is 5.27. The van der Waals surface area contributed by atoms with Crippen molar-refractivity contribution in [1.29, 1.82) is 0 Å². The Morgan fingerprint density at radius 1 is 1.41 bits per heavy atom. The number of fused-ring (bicyclic) bond motifs is 1. The topological polar surface area (TPSA) is 85.0 Å². The third-order valence-corrected chi connectivity index (χ3v) is 2.48. The van der Waals surface area contributed by atoms with Crippen LogP contribution in [0.5, 0.6) is 11.5 Å². The Hall–Kier alpha value is -1.95. The highest BCUT2D eigenvalue weighted by Gasteiger charge is 2.16. The number of rotatable bonds is 4. The van der Waals surface area contributed by atoms with Crippen molar-refractivity contribution in [2.24, 2.45) is 5.73 Å². The van der Waals surface area contributed by atoms with Crippen LogP contribution in [0.4, 0.5) is 4.79 Å². The number of benzene rings is 1. The van der Waals surface area contributed by atoms with Crippen molar-refractivity contribution in [2.75, 3.05) is 19.9 Å². The molecule has 0 aliphatic carbocycles. The molecule has 0 aromatic heterocycles. The third-order valence-electron chi connectivity index (χ3n) is 2.48. The van der Waals surface area contributed by atoms with Crippen molar-refractivity contribution in [2.45, 2.75) is 6.54 Å². The lowest BCUT2D eigenvalue weighted by Gasteiger charge is -2.18. The molecule has 1 aromatic rings. The molecule has 0 unspecified atom stereocenters. The zero-order valence-electron chi connectivity index (χ0n) is 9.26. The van der Waals surface area contributed by atoms with Gasteiger partial charge in [0, 0.05) is 19.6 Å². The van der Waals surface area contributed by atoms with E-state index in [9.17, 15) is 4.79 Å². The van der Waals surface area contributed by atoms with Crippen LogP contribution in [0, 0.1) is 0 Å². The second-order valence-corrected chi connectivity index (χ2v) is 3.68. The number of hydrogen-bond acceptors (Lipinski definition) is 4. The van der Waals surface area contributed by atoms with Gasteiger partial charge in [-0.2, -0.15) is 0 Å². The normalized spacial score (nSPS) is 12.5. The molecule has 0 bridgehead atoms. The molecule has 6 heteroatoms. The Morgan fingerprint density at radius 2 is 2.18 bits per heavy atom. The standard InChI is InChI=1S/C11H14N2O4/c12-3-4-13(11(14)15)6-8-1-2-9-10(5-8)17-7-16-9/h1-2,5H,3-4,6-7,12H2,(H,14,15). The van der Waals surface area contributed by atoms with Crippen LogP contribution in [-0.2, 0) is 6.54 Å². The summed E-state index contributed by atoms with van der Waals surface area (Å²) in [5.74, 6) is 1.34. The van der Waals surface area contributed by atoms with Crippen molar-refractivity contribution in [1.82, 2.24) is 4.90 Å². The van der Waals surface area contributed by atoms with Crippen LogP contribution in [0.1, 0.15) is 5.56 Å². The van der Waals surface area contributed by atoms with Gasteiger partial charge in [0.15, 0.2) is 11.5 Å². The van der Waals surface area contributed by atoms with Crippen LogP contribution in [-0.4, -0.2) is 36.0 Å². The summed E-state index contributed by atoms with van der Waals surface area (Å²) in [6.45, 7) is 1.12. The number of amides is 1. The number of ether oxygens (including phenoxy) is 2. The average molecular weight is 238 g/mol. The van der Waals surface area contributed by atoms with Crippen LogP contribution < -0.4 is 15.2 Å². The molecule has 0 spiro atoms. The monoisotopic (exact) mass is 238 g/mol. The highest BCUT2D eigenvalue weighted by atomic mass is 16.7. The second kappa shape index (κ2) is 4.92. The van der Waals surface area contributed by atoms with Gasteiger partial charge in [0.25, 0.3) is 0 Å². The summed E-state index contributed by atoms with van der Waals surface area (Å²) < 4.78 is 10.4. The van der Waals surface area contributed by atoms with Gasteiger partial charge in [-0.15, -0.1) is 0 Å². The van der Waals surface area contributed by atoms with Crippen molar-refractivity contribution < 1.29 is 19.4 Å². The zero-order valence-corrected chi connectivity index (χ0v) is 9.26. The summed E-state index contributed by atoms with van der Waals surface area (Å²) in [5.41, 5.74) is 6.21. The maximum Gasteiger partial charge on any atom is 0.407 e. The van der Waals surface area contributed by atoms with E-state index < -0.39 is 6.09 Å². The second-order valence-electron chi connectivity index (χ2n) is 3.68. The van der Waals surface area contributed by atoms with Crippen LogP contribution in [0.25, 0.3) is 0 Å². The van der Waals surface area contributed by atoms with E-state index in [0.717, 1.165) is 5.56 Å². The van der Waals surface area contributed by atoms with Crippen LogP contribution in [0.2, 0.25) is 0 Å². The van der Waals surface area contributed by atoms with Gasteiger partial charge in [-0.1, -0.05) is 6.07 Å². The summed E-state index contributed by atoms with van der Waals surface area (Å²) in [4.78, 5) is 12.2. The van der Waals surface area contributed by atoms with Gasteiger partial charge in [-0.25, -0.2) is 4.79 Å². The lowest BCUT2D eigenvalue weighted by Crippen LogP contribution is -2.33. The molecule has 0 saturated heterocycles. The van der Waals surface area contributed by atoms with E-state index in [0.29, 0.717) is 31.1 Å². The number of hydrogen-bond donors (Lipinski definition) is 2. The quantitative estimate of drug-likeness (QED) is 0.812. The summed E-state index contributed by atoms with van der Waals surface area (Å²) in [6, 6.07) is 5.38. The van der Waals surface area contributed by atoms with E-state index in [2.05, 4.69) is 0 Å². The van der Waals surface area contributed by atoms with Crippen molar-refractivity contribution in [3.05, 3.63) is 23.8 Å². The minimum Gasteiger partial charge on any atom is -0.465 e. The number of carboxylic acid groups (broad SMARTS) is 1. The minimum absolute atomic E-state index is 0.213. The fourth-order valence-electron chi connectivity index (χ4n) is 1.66. The molecule has 3 N–H and O–H groups in total. The maximum absolute atomic E-state index is 10.9. The molecule has 0 saturated carbocycles. The minimum atomic E-state index is -0.979. The Balaban J connectivity index is 2.09. The maximum atomic E-state index is 10.9. The van der Waals surface area contributed by atoms with Gasteiger partial charge in [0.05, 0.1) is 0 Å². The molecule has 0 atom stereocenters. The predicted molar refractivity (Wildman–Crippen MR) is 60.1 cm³/mol. The first kappa shape index (κ1) is 11.5. The van der Waals surface area contributed by atoms with Crippen molar-refractivity contribution >= 4 is 6.09 Å². The molecule has 1 aliphatic heterocycles. The largest absolute Gasteiger partial charge is 0.465 e. The Labute approximate surface area is 98.5 Å². The van der Waals surface area contributed by atoms with Crippen LogP contribution in [0.15, 0.2) is 18.2 Å². The van der Waals surface area contributed by atoms with Crippen LogP contribution >= 0.6 is 0 Å². The molecule has 1 heterocycles. The van der Waals surface area contributed by atoms with Crippen molar-refractivity contribution in [3.8, 4) is 11.5 Å². The van der Waals surface area contributed by atoms with E-state index in [1.807, 2.05) is 6.07 Å². The molecule has 1 amide bonds. The third kappa shape index (κ3) is 2.59. The van der Waals surface area contributed by atoms with Gasteiger partial charge in [0.2, 0.25) is 6.79 Å². The van der Waals surface area contributed by atoms with E-state index in [1.54, 1.807) is 12.1 Å². The molecule has 17 heavy (non-hydrogen) atoms. The molecule has 2 rings (SSSR count). The predicted octanol–water partition coefficient (Wildman–Crippen LogP) is 0.854. The smallest absolute Gasteiger partial charge is 0.407 e. The van der Waals surface area contributed by atoms with E-state index in [4.69, 9.17) is 20.3 Å². The zero-order chi connectivity index (χ0) is 12.3. The summed E-state index contributed by atoms with van der Waals surface area (Å²) in [7, 11) is 0. The molecule has 92 valence electrons. The van der Waals surface area contributed by atoms with Gasteiger partial charge in [0.1, 0.15) is 0 Å². The molecule has 1 aromatic carbocycles. The number of carbonyl (C=O) groups is 1. The molecule has 0 fully saturated rings. The average Bonchev–Trinajstić information content (AvgIpc) is 2.75. The molecular weight excluding hydrogens is 224 g/mol. The van der Waals surface area contributed by atoms with Gasteiger partial charge in [-0.05, 0) is 17.7 Å². The first-order chi connectivity index (χ1) is 8.20. The summed E-state index contributed by atoms with van der Waals surface area (Å²) in [5, 5.41) is 8.97. The molecule has 6 nitrogen and oxygen atoms in total. The summed E-state index contributed by atoms with van der Waals surface area (Å²) in [6.07, 6.45) is -0.979. The fraction of sp³-hybridized carbons (Fsp3) is 0.364. The lowest BCUT2D eigenvalue weighted by molar-refractivity contribution is 0.143. The Bertz CT molecular complexity index is 422. The highest BCUT2D eigenvalue weighted by molar-refractivity contribution is 5.65. The molecule has 1 aliphatic rings. The van der Waals surface area contributed by atoms with Gasteiger partial charge < -0.3 is 25.2 Å².